The summed E-state index contributed by atoms with van der Waals surface area (Å²) in [6, 6.07) is 11.5. The fraction of sp³-hybridized carbons (Fsp3) is 0.211. The van der Waals surface area contributed by atoms with Crippen LogP contribution in [0.1, 0.15) is 11.3 Å². The lowest BCUT2D eigenvalue weighted by atomic mass is 10.2. The Morgan fingerprint density at radius 2 is 1.90 bits per heavy atom. The van der Waals surface area contributed by atoms with Gasteiger partial charge in [-0.15, -0.1) is 0 Å². The second-order valence-electron chi connectivity index (χ2n) is 6.43. The largest absolute Gasteiger partial charge is 0.381 e. The third-order valence-electron chi connectivity index (χ3n) is 4.29. The summed E-state index contributed by atoms with van der Waals surface area (Å²) in [6.45, 7) is 3.37. The molecule has 9 nitrogen and oxygen atoms in total. The zero-order valence-corrected chi connectivity index (χ0v) is 16.5. The Balaban J connectivity index is 1.39. The van der Waals surface area contributed by atoms with Crippen LogP contribution in [0, 0.1) is 6.92 Å². The van der Waals surface area contributed by atoms with Gasteiger partial charge in [-0.05, 0) is 12.5 Å². The second kappa shape index (κ2) is 8.27. The first-order chi connectivity index (χ1) is 14.1. The van der Waals surface area contributed by atoms with E-state index in [9.17, 15) is 4.79 Å². The predicted octanol–water partition coefficient (Wildman–Crippen LogP) is 2.22. The molecule has 0 amide bonds. The van der Waals surface area contributed by atoms with Gasteiger partial charge in [0.25, 0.3) is 11.3 Å². The fourth-order valence-electron chi connectivity index (χ4n) is 2.90. The van der Waals surface area contributed by atoms with Crippen LogP contribution in [0.5, 0.6) is 0 Å². The Bertz CT molecular complexity index is 1190. The Morgan fingerprint density at radius 3 is 2.72 bits per heavy atom. The van der Waals surface area contributed by atoms with Gasteiger partial charge in [0.1, 0.15) is 17.2 Å². The first-order valence-corrected chi connectivity index (χ1v) is 9.44. The van der Waals surface area contributed by atoms with E-state index in [1.807, 2.05) is 43.3 Å². The van der Waals surface area contributed by atoms with Gasteiger partial charge in [0, 0.05) is 24.8 Å². The van der Waals surface area contributed by atoms with Crippen molar-refractivity contribution in [1.82, 2.24) is 29.4 Å². The van der Waals surface area contributed by atoms with Crippen LogP contribution in [0.15, 0.2) is 53.7 Å². The van der Waals surface area contributed by atoms with E-state index in [-0.39, 0.29) is 10.6 Å². The Kier molecular flexibility index (Phi) is 5.39. The predicted molar refractivity (Wildman–Crippen MR) is 112 cm³/mol. The van der Waals surface area contributed by atoms with Gasteiger partial charge in [-0.1, -0.05) is 41.9 Å². The van der Waals surface area contributed by atoms with E-state index in [1.165, 1.54) is 11.0 Å². The SMILES string of the molecule is Cc1cc(NCCNc2cnn(Cc3ccccc3)c(=O)c2Cl)n2ncnc2n1. The van der Waals surface area contributed by atoms with Crippen molar-refractivity contribution in [3.05, 3.63) is 75.6 Å². The summed E-state index contributed by atoms with van der Waals surface area (Å²) < 4.78 is 2.98. The highest BCUT2D eigenvalue weighted by atomic mass is 35.5. The number of aryl methyl sites for hydroxylation is 1. The summed E-state index contributed by atoms with van der Waals surface area (Å²) >= 11 is 6.26. The Hall–Kier alpha value is -3.46. The molecule has 10 heteroatoms. The van der Waals surface area contributed by atoms with Crippen LogP contribution in [0.4, 0.5) is 11.5 Å². The lowest BCUT2D eigenvalue weighted by Crippen LogP contribution is -2.25. The van der Waals surface area contributed by atoms with E-state index in [2.05, 4.69) is 30.8 Å². The van der Waals surface area contributed by atoms with Crippen LogP contribution in [0.2, 0.25) is 5.02 Å². The minimum atomic E-state index is -0.331. The number of anilines is 2. The maximum Gasteiger partial charge on any atom is 0.287 e. The quantitative estimate of drug-likeness (QED) is 0.450. The van der Waals surface area contributed by atoms with Crippen LogP contribution in [0.3, 0.4) is 0 Å². The van der Waals surface area contributed by atoms with Gasteiger partial charge in [-0.2, -0.15) is 19.7 Å². The number of nitrogens with one attached hydrogen (secondary N) is 2. The molecule has 0 aliphatic heterocycles. The summed E-state index contributed by atoms with van der Waals surface area (Å²) in [5.41, 5.74) is 1.99. The Morgan fingerprint density at radius 1 is 1.10 bits per heavy atom. The first-order valence-electron chi connectivity index (χ1n) is 9.06. The molecule has 0 aliphatic rings. The van der Waals surface area contributed by atoms with Crippen LogP contribution >= 0.6 is 11.6 Å². The van der Waals surface area contributed by atoms with Crippen LogP contribution in [0.25, 0.3) is 5.78 Å². The van der Waals surface area contributed by atoms with Crippen molar-refractivity contribution in [3.8, 4) is 0 Å². The van der Waals surface area contributed by atoms with Crippen molar-refractivity contribution in [2.45, 2.75) is 13.5 Å². The number of fused-ring (bicyclic) bond motifs is 1. The highest BCUT2D eigenvalue weighted by Crippen LogP contribution is 2.15. The van der Waals surface area contributed by atoms with E-state index < -0.39 is 0 Å². The topological polar surface area (TPSA) is 102 Å². The molecular weight excluding hydrogens is 392 g/mol. The molecular formula is C19H19ClN8O. The van der Waals surface area contributed by atoms with Crippen molar-refractivity contribution < 1.29 is 0 Å². The van der Waals surface area contributed by atoms with Gasteiger partial charge in [-0.3, -0.25) is 4.79 Å². The zero-order valence-electron chi connectivity index (χ0n) is 15.7. The molecule has 0 fully saturated rings. The molecule has 3 aromatic heterocycles. The highest BCUT2D eigenvalue weighted by molar-refractivity contribution is 6.32. The van der Waals surface area contributed by atoms with Gasteiger partial charge < -0.3 is 10.6 Å². The van der Waals surface area contributed by atoms with Crippen molar-refractivity contribution in [3.63, 3.8) is 0 Å². The summed E-state index contributed by atoms with van der Waals surface area (Å²) in [7, 11) is 0. The van der Waals surface area contributed by atoms with Crippen molar-refractivity contribution >= 4 is 28.9 Å². The monoisotopic (exact) mass is 410 g/mol. The number of hydrogen-bond donors (Lipinski definition) is 2. The summed E-state index contributed by atoms with van der Waals surface area (Å²) in [4.78, 5) is 20.9. The molecule has 4 rings (SSSR count). The molecule has 0 aliphatic carbocycles. The van der Waals surface area contributed by atoms with Crippen LogP contribution in [-0.2, 0) is 6.54 Å². The van der Waals surface area contributed by atoms with Crippen molar-refractivity contribution in [2.75, 3.05) is 23.7 Å². The number of nitrogens with zero attached hydrogens (tertiary/aromatic N) is 6. The highest BCUT2D eigenvalue weighted by Gasteiger charge is 2.10. The van der Waals surface area contributed by atoms with Gasteiger partial charge in [-0.25, -0.2) is 9.67 Å². The minimum Gasteiger partial charge on any atom is -0.381 e. The first kappa shape index (κ1) is 18.9. The molecule has 1 aromatic carbocycles. The molecule has 0 atom stereocenters. The van der Waals surface area contributed by atoms with Crippen LogP contribution in [-0.4, -0.2) is 42.5 Å². The third-order valence-corrected chi connectivity index (χ3v) is 4.65. The van der Waals surface area contributed by atoms with Crippen LogP contribution < -0.4 is 16.2 Å². The number of rotatable bonds is 7. The normalized spacial score (nSPS) is 11.0. The summed E-state index contributed by atoms with van der Waals surface area (Å²) in [5.74, 6) is 1.32. The smallest absolute Gasteiger partial charge is 0.287 e. The molecule has 148 valence electrons. The van der Waals surface area contributed by atoms with Gasteiger partial charge in [0.05, 0.1) is 18.4 Å². The lowest BCUT2D eigenvalue weighted by molar-refractivity contribution is 0.640. The average molecular weight is 411 g/mol. The molecule has 0 bridgehead atoms. The maximum atomic E-state index is 12.5. The van der Waals surface area contributed by atoms with Gasteiger partial charge >= 0.3 is 0 Å². The number of hydrogen-bond acceptors (Lipinski definition) is 7. The molecule has 0 unspecified atom stereocenters. The van der Waals surface area contributed by atoms with Crippen molar-refractivity contribution in [1.29, 1.82) is 0 Å². The molecule has 0 saturated heterocycles. The third kappa shape index (κ3) is 4.19. The number of benzene rings is 1. The van der Waals surface area contributed by atoms with E-state index in [4.69, 9.17) is 11.6 Å². The fourth-order valence-corrected chi connectivity index (χ4v) is 3.11. The summed E-state index contributed by atoms with van der Waals surface area (Å²) in [5, 5.41) is 14.9. The molecule has 3 heterocycles. The second-order valence-corrected chi connectivity index (χ2v) is 6.81. The summed E-state index contributed by atoms with van der Waals surface area (Å²) in [6.07, 6.45) is 3.03. The number of aromatic nitrogens is 6. The molecule has 0 saturated carbocycles. The van der Waals surface area contributed by atoms with Gasteiger partial charge in [0.15, 0.2) is 0 Å². The molecule has 29 heavy (non-hydrogen) atoms. The zero-order chi connectivity index (χ0) is 20.2. The van der Waals surface area contributed by atoms with E-state index >= 15 is 0 Å². The maximum absolute atomic E-state index is 12.5. The molecule has 0 radical (unpaired) electrons. The van der Waals surface area contributed by atoms with E-state index in [0.29, 0.717) is 31.1 Å². The average Bonchev–Trinajstić information content (AvgIpc) is 3.19. The van der Waals surface area contributed by atoms with Crippen molar-refractivity contribution in [2.24, 2.45) is 0 Å². The van der Waals surface area contributed by atoms with Gasteiger partial charge in [0.2, 0.25) is 0 Å². The van der Waals surface area contributed by atoms with E-state index in [1.54, 1.807) is 10.7 Å². The standard InChI is InChI=1S/C19H19ClN8O/c1-13-9-16(28-19(26-13)23-12-25-28)22-8-7-21-15-10-24-27(18(29)17(15)20)11-14-5-3-2-4-6-14/h2-6,9-10,12,21-22H,7-8,11H2,1H3. The molecule has 2 N–H and O–H groups in total. The minimum absolute atomic E-state index is 0.120. The molecule has 0 spiro atoms. The Labute approximate surface area is 171 Å². The number of halogens is 1. The molecule has 4 aromatic rings. The van der Waals surface area contributed by atoms with E-state index in [0.717, 1.165) is 17.1 Å². The lowest BCUT2D eigenvalue weighted by Gasteiger charge is -2.12.